The summed E-state index contributed by atoms with van der Waals surface area (Å²) in [6.07, 6.45) is 3.41. The maximum atomic E-state index is 14.1. The van der Waals surface area contributed by atoms with Crippen LogP contribution in [0.2, 0.25) is 0 Å². The van der Waals surface area contributed by atoms with Gasteiger partial charge in [0.25, 0.3) is 0 Å². The Balaban J connectivity index is 2.15. The largest absolute Gasteiger partial charge is 0.206 e. The van der Waals surface area contributed by atoms with Crippen LogP contribution in [0.1, 0.15) is 36.0 Å². The molecule has 0 N–H and O–H groups in total. The molecule has 0 atom stereocenters. The van der Waals surface area contributed by atoms with Gasteiger partial charge in [0, 0.05) is 5.56 Å². The molecule has 0 nitrogen and oxygen atoms in total. The van der Waals surface area contributed by atoms with Crippen LogP contribution >= 0.6 is 0 Å². The summed E-state index contributed by atoms with van der Waals surface area (Å²) in [4.78, 5) is 0. The summed E-state index contributed by atoms with van der Waals surface area (Å²) in [5.74, 6) is -0.127. The van der Waals surface area contributed by atoms with Crippen molar-refractivity contribution in [1.82, 2.24) is 0 Å². The van der Waals surface area contributed by atoms with Gasteiger partial charge in [0.05, 0.1) is 0 Å². The van der Waals surface area contributed by atoms with Crippen molar-refractivity contribution in [1.29, 1.82) is 0 Å². The number of benzene rings is 2. The van der Waals surface area contributed by atoms with Gasteiger partial charge in [0.15, 0.2) is 0 Å². The molecule has 3 rings (SSSR count). The zero-order valence-electron chi connectivity index (χ0n) is 11.1. The average Bonchev–Trinajstić information content (AvgIpc) is 2.36. The molecule has 0 heterocycles. The van der Waals surface area contributed by atoms with E-state index in [-0.39, 0.29) is 5.82 Å². The topological polar surface area (TPSA) is 0 Å². The Hall–Kier alpha value is -1.89. The normalized spacial score (nSPS) is 14.1. The van der Waals surface area contributed by atoms with E-state index in [1.165, 1.54) is 17.6 Å². The zero-order chi connectivity index (χ0) is 13.2. The molecule has 2 aromatic rings. The molecule has 1 fully saturated rings. The molecule has 0 saturated heterocycles. The molecule has 96 valence electrons. The first-order chi connectivity index (χ1) is 9.25. The van der Waals surface area contributed by atoms with Crippen molar-refractivity contribution in [3.63, 3.8) is 0 Å². The van der Waals surface area contributed by atoms with Crippen LogP contribution in [0.5, 0.6) is 0 Å². The molecule has 0 aromatic heterocycles. The highest BCUT2D eigenvalue weighted by Gasteiger charge is 2.19. The zero-order valence-corrected chi connectivity index (χ0v) is 11.1. The van der Waals surface area contributed by atoms with Gasteiger partial charge in [0.1, 0.15) is 5.82 Å². The van der Waals surface area contributed by atoms with E-state index in [0.29, 0.717) is 0 Å². The molecule has 19 heavy (non-hydrogen) atoms. The summed E-state index contributed by atoms with van der Waals surface area (Å²) in [6.45, 7) is 2.07. The average molecular weight is 252 g/mol. The molecule has 0 amide bonds. The molecular weight excluding hydrogens is 235 g/mol. The first-order valence-electron chi connectivity index (χ1n) is 6.79. The lowest BCUT2D eigenvalue weighted by molar-refractivity contribution is 0.621. The molecule has 2 aromatic carbocycles. The number of allylic oxidation sites excluding steroid dienone is 1. The van der Waals surface area contributed by atoms with Crippen molar-refractivity contribution < 1.29 is 4.39 Å². The first kappa shape index (κ1) is 12.2. The Labute approximate surface area is 113 Å². The Kier molecular flexibility index (Phi) is 3.20. The van der Waals surface area contributed by atoms with Crippen LogP contribution in [0, 0.1) is 12.7 Å². The first-order valence-corrected chi connectivity index (χ1v) is 6.79. The minimum atomic E-state index is -0.127. The second-order valence-electron chi connectivity index (χ2n) is 5.18. The van der Waals surface area contributed by atoms with E-state index in [0.717, 1.165) is 29.5 Å². The van der Waals surface area contributed by atoms with Gasteiger partial charge in [-0.3, -0.25) is 0 Å². The Bertz CT molecular complexity index is 614. The van der Waals surface area contributed by atoms with Crippen molar-refractivity contribution in [2.24, 2.45) is 0 Å². The molecule has 0 radical (unpaired) electrons. The third kappa shape index (κ3) is 2.33. The van der Waals surface area contributed by atoms with Crippen LogP contribution < -0.4 is 0 Å². The quantitative estimate of drug-likeness (QED) is 0.696. The summed E-state index contributed by atoms with van der Waals surface area (Å²) >= 11 is 0. The fourth-order valence-electron chi connectivity index (χ4n) is 2.54. The summed E-state index contributed by atoms with van der Waals surface area (Å²) in [5, 5.41) is 0. The van der Waals surface area contributed by atoms with Crippen molar-refractivity contribution in [2.45, 2.75) is 26.2 Å². The van der Waals surface area contributed by atoms with Crippen LogP contribution in [0.3, 0.4) is 0 Å². The third-order valence-corrected chi connectivity index (χ3v) is 3.79. The van der Waals surface area contributed by atoms with Gasteiger partial charge in [-0.05, 0) is 43.4 Å². The molecule has 1 aliphatic rings. The standard InChI is InChI=1S/C18H17F/c1-13-9-11-15(12-10-13)18(14-5-4-6-14)16-7-2-3-8-17(16)19/h2-3,7-12H,4-6H2,1H3. The number of hydrogen-bond donors (Lipinski definition) is 0. The second-order valence-corrected chi connectivity index (χ2v) is 5.18. The minimum Gasteiger partial charge on any atom is -0.206 e. The second kappa shape index (κ2) is 5.00. The third-order valence-electron chi connectivity index (χ3n) is 3.79. The van der Waals surface area contributed by atoms with E-state index < -0.39 is 0 Å². The summed E-state index contributed by atoms with van der Waals surface area (Å²) in [5.41, 5.74) is 5.58. The van der Waals surface area contributed by atoms with Crippen LogP contribution in [0.4, 0.5) is 4.39 Å². The van der Waals surface area contributed by atoms with Crippen molar-refractivity contribution in [3.8, 4) is 0 Å². The van der Waals surface area contributed by atoms with E-state index in [1.807, 2.05) is 12.1 Å². The van der Waals surface area contributed by atoms with Crippen LogP contribution in [-0.4, -0.2) is 0 Å². The van der Waals surface area contributed by atoms with Gasteiger partial charge >= 0.3 is 0 Å². The van der Waals surface area contributed by atoms with Gasteiger partial charge in [-0.2, -0.15) is 0 Å². The fourth-order valence-corrected chi connectivity index (χ4v) is 2.54. The van der Waals surface area contributed by atoms with Crippen LogP contribution in [0.25, 0.3) is 5.57 Å². The van der Waals surface area contributed by atoms with Gasteiger partial charge < -0.3 is 0 Å². The maximum absolute atomic E-state index is 14.1. The minimum absolute atomic E-state index is 0.127. The monoisotopic (exact) mass is 252 g/mol. The molecule has 0 bridgehead atoms. The summed E-state index contributed by atoms with van der Waals surface area (Å²) < 4.78 is 14.1. The maximum Gasteiger partial charge on any atom is 0.131 e. The number of halogens is 1. The van der Waals surface area contributed by atoms with Gasteiger partial charge in [-0.1, -0.05) is 53.6 Å². The molecule has 1 saturated carbocycles. The molecule has 1 aliphatic carbocycles. The number of hydrogen-bond acceptors (Lipinski definition) is 0. The predicted octanol–water partition coefficient (Wildman–Crippen LogP) is 5.12. The molecule has 0 spiro atoms. The smallest absolute Gasteiger partial charge is 0.131 e. The van der Waals surface area contributed by atoms with E-state index in [2.05, 4.69) is 31.2 Å². The van der Waals surface area contributed by atoms with E-state index >= 15 is 0 Å². The highest BCUT2D eigenvalue weighted by atomic mass is 19.1. The van der Waals surface area contributed by atoms with E-state index in [4.69, 9.17) is 0 Å². The predicted molar refractivity (Wildman–Crippen MR) is 77.5 cm³/mol. The number of rotatable bonds is 2. The molecule has 0 aliphatic heterocycles. The lowest BCUT2D eigenvalue weighted by atomic mass is 9.82. The Morgan fingerprint density at radius 3 is 2.21 bits per heavy atom. The SMILES string of the molecule is Cc1ccc(C(=C2CCC2)c2ccccc2F)cc1. The molecule has 0 unspecified atom stereocenters. The summed E-state index contributed by atoms with van der Waals surface area (Å²) in [6, 6.07) is 15.5. The van der Waals surface area contributed by atoms with Crippen molar-refractivity contribution in [2.75, 3.05) is 0 Å². The fraction of sp³-hybridized carbons (Fsp3) is 0.222. The number of aryl methyl sites for hydroxylation is 1. The summed E-state index contributed by atoms with van der Waals surface area (Å²) in [7, 11) is 0. The highest BCUT2D eigenvalue weighted by Crippen LogP contribution is 2.38. The molecular formula is C18H17F. The Morgan fingerprint density at radius 1 is 0.947 bits per heavy atom. The van der Waals surface area contributed by atoms with Crippen molar-refractivity contribution in [3.05, 3.63) is 76.6 Å². The van der Waals surface area contributed by atoms with Gasteiger partial charge in [0.2, 0.25) is 0 Å². The highest BCUT2D eigenvalue weighted by molar-refractivity contribution is 5.83. The lowest BCUT2D eigenvalue weighted by Crippen LogP contribution is -2.04. The van der Waals surface area contributed by atoms with E-state index in [1.54, 1.807) is 12.1 Å². The van der Waals surface area contributed by atoms with Gasteiger partial charge in [-0.25, -0.2) is 4.39 Å². The van der Waals surface area contributed by atoms with Crippen LogP contribution in [-0.2, 0) is 0 Å². The van der Waals surface area contributed by atoms with E-state index in [9.17, 15) is 4.39 Å². The van der Waals surface area contributed by atoms with Crippen LogP contribution in [0.15, 0.2) is 54.1 Å². The molecule has 1 heteroatoms. The van der Waals surface area contributed by atoms with Crippen molar-refractivity contribution >= 4 is 5.57 Å². The van der Waals surface area contributed by atoms with Gasteiger partial charge in [-0.15, -0.1) is 0 Å². The Morgan fingerprint density at radius 2 is 1.63 bits per heavy atom. The lowest BCUT2D eigenvalue weighted by Gasteiger charge is -2.23.